The first kappa shape index (κ1) is 15.9. The van der Waals surface area contributed by atoms with Crippen molar-refractivity contribution in [3.63, 3.8) is 0 Å². The molecule has 0 unspecified atom stereocenters. The van der Waals surface area contributed by atoms with E-state index >= 15 is 0 Å². The highest BCUT2D eigenvalue weighted by atomic mass is 32.2. The Bertz CT molecular complexity index is 631. The van der Waals surface area contributed by atoms with Gasteiger partial charge >= 0.3 is 5.97 Å². The molecule has 0 amide bonds. The number of carbonyl (C=O) groups excluding carboxylic acids is 1. The molecule has 0 saturated carbocycles. The summed E-state index contributed by atoms with van der Waals surface area (Å²) in [6.07, 6.45) is 0.306. The number of aliphatic hydroxyl groups excluding tert-OH is 1. The van der Waals surface area contributed by atoms with Crippen molar-refractivity contribution in [3.05, 3.63) is 23.9 Å². The van der Waals surface area contributed by atoms with Crippen molar-refractivity contribution in [1.82, 2.24) is 4.98 Å². The maximum absolute atomic E-state index is 11.6. The number of pyridine rings is 1. The summed E-state index contributed by atoms with van der Waals surface area (Å²) in [5, 5.41) is 8.60. The number of aromatic nitrogens is 1. The number of nitrogens with zero attached hydrogens (tertiary/aromatic N) is 1. The quantitative estimate of drug-likeness (QED) is 0.572. The van der Waals surface area contributed by atoms with Gasteiger partial charge in [-0.25, -0.2) is 13.4 Å². The van der Waals surface area contributed by atoms with E-state index in [1.54, 1.807) is 12.1 Å². The minimum atomic E-state index is -3.86. The smallest absolute Gasteiger partial charge is 0.322 e. The monoisotopic (exact) mass is 298 g/mol. The van der Waals surface area contributed by atoms with E-state index in [1.807, 2.05) is 0 Å². The van der Waals surface area contributed by atoms with Crippen LogP contribution in [0, 0.1) is 11.8 Å². The topological polar surface area (TPSA) is 106 Å². The molecular formula is C12H14N2O5S. The Balaban J connectivity index is 2.81. The van der Waals surface area contributed by atoms with E-state index in [0.717, 1.165) is 7.11 Å². The van der Waals surface area contributed by atoms with Gasteiger partial charge in [-0.05, 0) is 18.1 Å². The van der Waals surface area contributed by atoms with Crippen molar-refractivity contribution in [1.29, 1.82) is 0 Å². The number of nitrogens with one attached hydrogen (secondary N) is 1. The zero-order valence-electron chi connectivity index (χ0n) is 10.8. The van der Waals surface area contributed by atoms with Gasteiger partial charge in [0.1, 0.15) is 11.5 Å². The highest BCUT2D eigenvalue weighted by molar-refractivity contribution is 7.93. The normalized spacial score (nSPS) is 10.3. The van der Waals surface area contributed by atoms with Gasteiger partial charge in [-0.3, -0.25) is 9.52 Å². The maximum Gasteiger partial charge on any atom is 0.322 e. The van der Waals surface area contributed by atoms with Gasteiger partial charge in [0.05, 0.1) is 13.7 Å². The molecule has 0 aliphatic rings. The zero-order valence-corrected chi connectivity index (χ0v) is 11.6. The van der Waals surface area contributed by atoms with Crippen molar-refractivity contribution < 1.29 is 23.1 Å². The Morgan fingerprint density at radius 3 is 2.90 bits per heavy atom. The molecule has 20 heavy (non-hydrogen) atoms. The van der Waals surface area contributed by atoms with Gasteiger partial charge in [-0.2, -0.15) is 0 Å². The molecule has 0 fully saturated rings. The van der Waals surface area contributed by atoms with Gasteiger partial charge < -0.3 is 9.84 Å². The largest absolute Gasteiger partial charge is 0.468 e. The van der Waals surface area contributed by atoms with E-state index in [2.05, 4.69) is 26.3 Å². The van der Waals surface area contributed by atoms with Gasteiger partial charge in [-0.15, -0.1) is 0 Å². The minimum absolute atomic E-state index is 0.0571. The summed E-state index contributed by atoms with van der Waals surface area (Å²) in [5.41, 5.74) is 0.358. The molecule has 7 nitrogen and oxygen atoms in total. The Hall–Kier alpha value is -2.11. The van der Waals surface area contributed by atoms with E-state index < -0.39 is 21.7 Å². The fraction of sp³-hybridized carbons (Fsp3) is 0.333. The van der Waals surface area contributed by atoms with Crippen LogP contribution >= 0.6 is 0 Å². The molecule has 2 N–H and O–H groups in total. The van der Waals surface area contributed by atoms with Crippen molar-refractivity contribution in [2.24, 2.45) is 0 Å². The molecule has 1 rings (SSSR count). The second-order valence-corrected chi connectivity index (χ2v) is 5.34. The third kappa shape index (κ3) is 5.69. The van der Waals surface area contributed by atoms with Gasteiger partial charge in [0.25, 0.3) is 0 Å². The molecule has 8 heteroatoms. The number of methoxy groups -OCH3 is 1. The molecule has 1 heterocycles. The molecule has 0 saturated heterocycles. The molecular weight excluding hydrogens is 284 g/mol. The third-order valence-corrected chi connectivity index (χ3v) is 3.13. The summed E-state index contributed by atoms with van der Waals surface area (Å²) in [5.74, 6) is 3.75. The van der Waals surface area contributed by atoms with Crippen LogP contribution in [-0.2, 0) is 19.6 Å². The second kappa shape index (κ2) is 7.47. The van der Waals surface area contributed by atoms with Crippen LogP contribution in [0.2, 0.25) is 0 Å². The van der Waals surface area contributed by atoms with Crippen LogP contribution in [0.1, 0.15) is 12.1 Å². The molecule has 108 valence electrons. The lowest BCUT2D eigenvalue weighted by Crippen LogP contribution is -2.24. The summed E-state index contributed by atoms with van der Waals surface area (Å²) in [4.78, 5) is 14.9. The molecule has 0 spiro atoms. The van der Waals surface area contributed by atoms with Crippen LogP contribution in [0.15, 0.2) is 18.2 Å². The van der Waals surface area contributed by atoms with Crippen molar-refractivity contribution in [3.8, 4) is 11.8 Å². The van der Waals surface area contributed by atoms with Gasteiger partial charge in [0, 0.05) is 6.42 Å². The lowest BCUT2D eigenvalue weighted by molar-refractivity contribution is -0.137. The summed E-state index contributed by atoms with van der Waals surface area (Å²) < 4.78 is 29.7. The maximum atomic E-state index is 11.6. The van der Waals surface area contributed by atoms with Crippen LogP contribution < -0.4 is 4.72 Å². The van der Waals surface area contributed by atoms with Crippen LogP contribution in [-0.4, -0.2) is 43.9 Å². The van der Waals surface area contributed by atoms with E-state index in [1.165, 1.54) is 6.07 Å². The molecule has 0 aliphatic heterocycles. The lowest BCUT2D eigenvalue weighted by atomic mass is 10.3. The molecule has 0 aromatic carbocycles. The standard InChI is InChI=1S/C12H14N2O5S/c1-19-12(16)9-20(17,18)14-11-7-4-6-10(13-11)5-2-3-8-15/h4,6-7,15H,3,8-9H2,1H3,(H,13,14). The van der Waals surface area contributed by atoms with Gasteiger partial charge in [-0.1, -0.05) is 12.0 Å². The third-order valence-electron chi connectivity index (χ3n) is 2.00. The summed E-state index contributed by atoms with van der Waals surface area (Å²) in [6, 6.07) is 4.61. The van der Waals surface area contributed by atoms with Gasteiger partial charge in [0.2, 0.25) is 10.0 Å². The number of esters is 1. The highest BCUT2D eigenvalue weighted by Gasteiger charge is 2.17. The molecule has 0 radical (unpaired) electrons. The Morgan fingerprint density at radius 1 is 1.50 bits per heavy atom. The first-order valence-electron chi connectivity index (χ1n) is 5.61. The predicted octanol–water partition coefficient (Wildman–Crippen LogP) is -0.270. The average Bonchev–Trinajstić information content (AvgIpc) is 2.38. The van der Waals surface area contributed by atoms with Gasteiger partial charge in [0.15, 0.2) is 5.75 Å². The molecule has 0 aliphatic carbocycles. The number of sulfonamides is 1. The Kier molecular flexibility index (Phi) is 5.96. The second-order valence-electron chi connectivity index (χ2n) is 3.62. The fourth-order valence-corrected chi connectivity index (χ4v) is 2.11. The number of rotatable bonds is 5. The van der Waals surface area contributed by atoms with Crippen LogP contribution in [0.25, 0.3) is 0 Å². The molecule has 0 atom stereocenters. The molecule has 0 bridgehead atoms. The van der Waals surface area contributed by atoms with Crippen molar-refractivity contribution >= 4 is 21.8 Å². The van der Waals surface area contributed by atoms with Crippen molar-refractivity contribution in [2.45, 2.75) is 6.42 Å². The van der Waals surface area contributed by atoms with Crippen molar-refractivity contribution in [2.75, 3.05) is 24.2 Å². The van der Waals surface area contributed by atoms with E-state index in [4.69, 9.17) is 5.11 Å². The fourth-order valence-electron chi connectivity index (χ4n) is 1.18. The summed E-state index contributed by atoms with van der Waals surface area (Å²) in [6.45, 7) is -0.0571. The molecule has 1 aromatic heterocycles. The number of aliphatic hydroxyl groups is 1. The summed E-state index contributed by atoms with van der Waals surface area (Å²) >= 11 is 0. The number of hydrogen-bond donors (Lipinski definition) is 2. The van der Waals surface area contributed by atoms with Crippen LogP contribution in [0.3, 0.4) is 0 Å². The Labute approximate surface area is 117 Å². The molecule has 1 aromatic rings. The van der Waals surface area contributed by atoms with E-state index in [-0.39, 0.29) is 12.4 Å². The highest BCUT2D eigenvalue weighted by Crippen LogP contribution is 2.07. The van der Waals surface area contributed by atoms with E-state index in [9.17, 15) is 13.2 Å². The number of hydrogen-bond acceptors (Lipinski definition) is 6. The number of anilines is 1. The number of ether oxygens (including phenoxy) is 1. The van der Waals surface area contributed by atoms with Crippen LogP contribution in [0.5, 0.6) is 0 Å². The zero-order chi connectivity index (χ0) is 15.0. The first-order valence-corrected chi connectivity index (χ1v) is 7.26. The van der Waals surface area contributed by atoms with E-state index in [0.29, 0.717) is 12.1 Å². The minimum Gasteiger partial charge on any atom is -0.468 e. The predicted molar refractivity (Wildman–Crippen MR) is 72.2 cm³/mol. The lowest BCUT2D eigenvalue weighted by Gasteiger charge is -2.06. The average molecular weight is 298 g/mol. The summed E-state index contributed by atoms with van der Waals surface area (Å²) in [7, 11) is -2.76. The SMILES string of the molecule is COC(=O)CS(=O)(=O)Nc1cccc(C#CCCO)n1. The number of carbonyl (C=O) groups is 1. The van der Waals surface area contributed by atoms with Crippen LogP contribution in [0.4, 0.5) is 5.82 Å². The first-order chi connectivity index (χ1) is 9.46. The Morgan fingerprint density at radius 2 is 2.25 bits per heavy atom.